The van der Waals surface area contributed by atoms with Gasteiger partial charge in [0.05, 0.1) is 6.54 Å². The first-order valence-corrected chi connectivity index (χ1v) is 9.60. The molecule has 0 aliphatic carbocycles. The van der Waals surface area contributed by atoms with Crippen LogP contribution in [0, 0.1) is 0 Å². The Hall–Kier alpha value is -2.34. The van der Waals surface area contributed by atoms with Crippen molar-refractivity contribution in [1.29, 1.82) is 0 Å². The van der Waals surface area contributed by atoms with Gasteiger partial charge in [-0.15, -0.1) is 0 Å². The van der Waals surface area contributed by atoms with Crippen LogP contribution in [-0.2, 0) is 16.8 Å². The van der Waals surface area contributed by atoms with Crippen LogP contribution in [0.3, 0.4) is 0 Å². The number of benzene rings is 2. The lowest BCUT2D eigenvalue weighted by Crippen LogP contribution is -2.59. The average Bonchev–Trinajstić information content (AvgIpc) is 2.69. The fraction of sp³-hybridized carbons (Fsp3) is 0.409. The van der Waals surface area contributed by atoms with Gasteiger partial charge in [0.2, 0.25) is 5.91 Å². The molecule has 6 heteroatoms. The highest BCUT2D eigenvalue weighted by atomic mass is 19.4. The van der Waals surface area contributed by atoms with Gasteiger partial charge in [-0.05, 0) is 37.1 Å². The van der Waals surface area contributed by atoms with Crippen LogP contribution in [0.5, 0.6) is 0 Å². The standard InChI is InChI=1S/C22H25F3N2O/c23-22(24,25)21(19-12-6-2-7-13-19,16-18-10-4-1-5-11-18)26-20(28)17-27-14-8-3-9-15-27/h1-2,4-7,10-13H,3,8-9,14-17H2,(H,26,28). The number of nitrogens with one attached hydrogen (secondary N) is 1. The summed E-state index contributed by atoms with van der Waals surface area (Å²) in [4.78, 5) is 14.6. The Kier molecular flexibility index (Phi) is 6.39. The van der Waals surface area contributed by atoms with Crippen molar-refractivity contribution >= 4 is 5.91 Å². The first-order chi connectivity index (χ1) is 13.4. The second kappa shape index (κ2) is 8.78. The monoisotopic (exact) mass is 390 g/mol. The van der Waals surface area contributed by atoms with E-state index >= 15 is 0 Å². The molecule has 1 N–H and O–H groups in total. The maximum Gasteiger partial charge on any atom is 0.416 e. The fourth-order valence-corrected chi connectivity index (χ4v) is 3.78. The summed E-state index contributed by atoms with van der Waals surface area (Å²) in [5.74, 6) is -0.598. The Morgan fingerprint density at radius 1 is 0.893 bits per heavy atom. The molecule has 1 amide bonds. The minimum atomic E-state index is -4.65. The highest BCUT2D eigenvalue weighted by Gasteiger charge is 2.56. The summed E-state index contributed by atoms with van der Waals surface area (Å²) in [5.41, 5.74) is -1.91. The van der Waals surface area contributed by atoms with Gasteiger partial charge in [-0.25, -0.2) is 0 Å². The van der Waals surface area contributed by atoms with Gasteiger partial charge in [-0.2, -0.15) is 13.2 Å². The predicted octanol–water partition coefficient (Wildman–Crippen LogP) is 4.29. The second-order valence-corrected chi connectivity index (χ2v) is 7.32. The number of halogens is 3. The molecule has 1 heterocycles. The summed E-state index contributed by atoms with van der Waals surface area (Å²) in [6, 6.07) is 16.1. The van der Waals surface area contributed by atoms with Crippen LogP contribution in [0.15, 0.2) is 60.7 Å². The first kappa shape index (κ1) is 20.4. The highest BCUT2D eigenvalue weighted by molar-refractivity contribution is 5.79. The Morgan fingerprint density at radius 3 is 2.04 bits per heavy atom. The Morgan fingerprint density at radius 2 is 1.46 bits per heavy atom. The molecule has 1 saturated heterocycles. The molecule has 0 bridgehead atoms. The molecule has 0 aromatic heterocycles. The molecule has 0 radical (unpaired) electrons. The van der Waals surface area contributed by atoms with Gasteiger partial charge >= 0.3 is 6.18 Å². The average molecular weight is 390 g/mol. The van der Waals surface area contributed by atoms with E-state index in [4.69, 9.17) is 0 Å². The van der Waals surface area contributed by atoms with E-state index in [9.17, 15) is 18.0 Å². The minimum Gasteiger partial charge on any atom is -0.337 e. The molecule has 150 valence electrons. The normalized spacial score (nSPS) is 17.7. The molecule has 1 fully saturated rings. The largest absolute Gasteiger partial charge is 0.416 e. The molecule has 0 saturated carbocycles. The van der Waals surface area contributed by atoms with Gasteiger partial charge in [-0.1, -0.05) is 67.1 Å². The van der Waals surface area contributed by atoms with Crippen LogP contribution < -0.4 is 5.32 Å². The van der Waals surface area contributed by atoms with Crippen LogP contribution in [0.1, 0.15) is 30.4 Å². The van der Waals surface area contributed by atoms with Crippen molar-refractivity contribution in [2.24, 2.45) is 0 Å². The summed E-state index contributed by atoms with van der Waals surface area (Å²) in [6.45, 7) is 1.48. The molecule has 2 aromatic carbocycles. The van der Waals surface area contributed by atoms with Crippen molar-refractivity contribution in [3.63, 3.8) is 0 Å². The quantitative estimate of drug-likeness (QED) is 0.798. The molecule has 1 aliphatic heterocycles. The Labute approximate surface area is 163 Å². The van der Waals surface area contributed by atoms with Gasteiger partial charge in [-0.3, -0.25) is 9.69 Å². The Balaban J connectivity index is 1.93. The Bertz CT molecular complexity index is 758. The third-order valence-electron chi connectivity index (χ3n) is 5.23. The van der Waals surface area contributed by atoms with Crippen LogP contribution in [-0.4, -0.2) is 36.6 Å². The number of carbonyl (C=O) groups excluding carboxylic acids is 1. The van der Waals surface area contributed by atoms with E-state index in [1.54, 1.807) is 48.5 Å². The van der Waals surface area contributed by atoms with Crippen molar-refractivity contribution < 1.29 is 18.0 Å². The lowest BCUT2D eigenvalue weighted by Gasteiger charge is -2.38. The summed E-state index contributed by atoms with van der Waals surface area (Å²) in [5, 5.41) is 2.38. The maximum atomic E-state index is 14.5. The second-order valence-electron chi connectivity index (χ2n) is 7.32. The van der Waals surface area contributed by atoms with Crippen LogP contribution in [0.25, 0.3) is 0 Å². The number of rotatable bonds is 6. The number of alkyl halides is 3. The number of hydrogen-bond donors (Lipinski definition) is 1. The predicted molar refractivity (Wildman–Crippen MR) is 103 cm³/mol. The molecule has 3 nitrogen and oxygen atoms in total. The summed E-state index contributed by atoms with van der Waals surface area (Å²) in [6.07, 6.45) is -1.96. The number of hydrogen-bond acceptors (Lipinski definition) is 2. The lowest BCUT2D eigenvalue weighted by atomic mass is 9.82. The fourth-order valence-electron chi connectivity index (χ4n) is 3.78. The lowest BCUT2D eigenvalue weighted by molar-refractivity contribution is -0.203. The summed E-state index contributed by atoms with van der Waals surface area (Å²) >= 11 is 0. The zero-order valence-electron chi connectivity index (χ0n) is 15.7. The maximum absolute atomic E-state index is 14.5. The first-order valence-electron chi connectivity index (χ1n) is 9.60. The SMILES string of the molecule is O=C(CN1CCCCC1)NC(Cc1ccccc1)(c1ccccc1)C(F)(F)F. The topological polar surface area (TPSA) is 32.3 Å². The summed E-state index contributed by atoms with van der Waals surface area (Å²) in [7, 11) is 0. The van der Waals surface area contributed by atoms with E-state index in [0.29, 0.717) is 5.56 Å². The van der Waals surface area contributed by atoms with E-state index < -0.39 is 17.6 Å². The molecule has 2 aromatic rings. The van der Waals surface area contributed by atoms with Gasteiger partial charge in [0, 0.05) is 6.42 Å². The number of piperidine rings is 1. The van der Waals surface area contributed by atoms with Crippen LogP contribution >= 0.6 is 0 Å². The molecule has 28 heavy (non-hydrogen) atoms. The van der Waals surface area contributed by atoms with E-state index in [-0.39, 0.29) is 18.5 Å². The third kappa shape index (κ3) is 4.73. The number of nitrogens with zero attached hydrogens (tertiary/aromatic N) is 1. The molecule has 0 spiro atoms. The van der Waals surface area contributed by atoms with Gasteiger partial charge in [0.1, 0.15) is 0 Å². The number of carbonyl (C=O) groups is 1. The molecule has 1 aliphatic rings. The van der Waals surface area contributed by atoms with Crippen LogP contribution in [0.4, 0.5) is 13.2 Å². The van der Waals surface area contributed by atoms with E-state index in [1.807, 2.05) is 4.90 Å². The van der Waals surface area contributed by atoms with Gasteiger partial charge in [0.25, 0.3) is 0 Å². The summed E-state index contributed by atoms with van der Waals surface area (Å²) < 4.78 is 43.4. The van der Waals surface area contributed by atoms with Crippen molar-refractivity contribution in [2.45, 2.75) is 37.4 Å². The van der Waals surface area contributed by atoms with Crippen molar-refractivity contribution in [3.8, 4) is 0 Å². The van der Waals surface area contributed by atoms with Gasteiger partial charge < -0.3 is 5.32 Å². The minimum absolute atomic E-state index is 0.0144. The van der Waals surface area contributed by atoms with Gasteiger partial charge in [0.15, 0.2) is 5.54 Å². The molecule has 1 unspecified atom stereocenters. The zero-order chi connectivity index (χ0) is 20.0. The smallest absolute Gasteiger partial charge is 0.337 e. The van der Waals surface area contributed by atoms with Crippen LogP contribution in [0.2, 0.25) is 0 Å². The molecular formula is C22H25F3N2O. The number of amides is 1. The molecular weight excluding hydrogens is 365 g/mol. The molecule has 3 rings (SSSR count). The van der Waals surface area contributed by atoms with E-state index in [1.165, 1.54) is 12.1 Å². The van der Waals surface area contributed by atoms with E-state index in [2.05, 4.69) is 5.32 Å². The zero-order valence-corrected chi connectivity index (χ0v) is 15.7. The van der Waals surface area contributed by atoms with Crippen molar-refractivity contribution in [2.75, 3.05) is 19.6 Å². The van der Waals surface area contributed by atoms with E-state index in [0.717, 1.165) is 32.4 Å². The number of likely N-dealkylation sites (tertiary alicyclic amines) is 1. The third-order valence-corrected chi connectivity index (χ3v) is 5.23. The van der Waals surface area contributed by atoms with Crippen molar-refractivity contribution in [1.82, 2.24) is 10.2 Å². The van der Waals surface area contributed by atoms with Crippen molar-refractivity contribution in [3.05, 3.63) is 71.8 Å². The molecule has 1 atom stereocenters. The highest BCUT2D eigenvalue weighted by Crippen LogP contribution is 2.41.